The molecule has 2 rings (SSSR count). The zero-order valence-corrected chi connectivity index (χ0v) is 19.0. The Morgan fingerprint density at radius 1 is 1.25 bits per heavy atom. The number of nitrogens with zero attached hydrogens (tertiary/aromatic N) is 1. The molecule has 0 aliphatic rings. The summed E-state index contributed by atoms with van der Waals surface area (Å²) in [6.45, 7) is 3.98. The van der Waals surface area contributed by atoms with Gasteiger partial charge in [0, 0.05) is 5.56 Å². The summed E-state index contributed by atoms with van der Waals surface area (Å²) in [6, 6.07) is 8.61. The summed E-state index contributed by atoms with van der Waals surface area (Å²) in [4.78, 5) is 12.3. The number of nitrogens with one attached hydrogen (secondary N) is 1. The summed E-state index contributed by atoms with van der Waals surface area (Å²) in [5.74, 6) is 1.28. The van der Waals surface area contributed by atoms with Crippen molar-refractivity contribution < 1.29 is 19.0 Å². The minimum Gasteiger partial charge on any atom is -0.496 e. The number of halogens is 2. The molecule has 0 aromatic heterocycles. The average Bonchev–Trinajstić information content (AvgIpc) is 2.69. The molecule has 28 heavy (non-hydrogen) atoms. The van der Waals surface area contributed by atoms with Gasteiger partial charge in [-0.1, -0.05) is 18.5 Å². The lowest BCUT2D eigenvalue weighted by Crippen LogP contribution is -2.17. The van der Waals surface area contributed by atoms with Crippen molar-refractivity contribution in [1.29, 1.82) is 0 Å². The Morgan fingerprint density at radius 2 is 1.96 bits per heavy atom. The van der Waals surface area contributed by atoms with Gasteiger partial charge < -0.3 is 14.2 Å². The second-order valence-electron chi connectivity index (χ2n) is 5.92. The number of rotatable bonds is 8. The molecule has 2 aromatic carbocycles. The lowest BCUT2D eigenvalue weighted by molar-refractivity contribution is 0.0954. The number of carbonyl (C=O) groups is 1. The number of benzene rings is 2. The van der Waals surface area contributed by atoms with Crippen LogP contribution in [0.5, 0.6) is 17.2 Å². The molecule has 1 amide bonds. The molecule has 8 heteroatoms. The fraction of sp³-hybridized carbons (Fsp3) is 0.300. The second-order valence-corrected chi connectivity index (χ2v) is 7.49. The van der Waals surface area contributed by atoms with Crippen molar-refractivity contribution in [1.82, 2.24) is 5.43 Å². The van der Waals surface area contributed by atoms with Crippen LogP contribution in [0.2, 0.25) is 5.02 Å². The normalized spacial score (nSPS) is 11.9. The molecule has 0 aliphatic carbocycles. The Labute approximate surface area is 183 Å². The molecule has 0 fully saturated rings. The third kappa shape index (κ3) is 5.75. The van der Waals surface area contributed by atoms with Crippen LogP contribution >= 0.6 is 34.2 Å². The highest BCUT2D eigenvalue weighted by molar-refractivity contribution is 14.1. The molecule has 1 atom stereocenters. The van der Waals surface area contributed by atoms with Crippen molar-refractivity contribution in [2.45, 2.75) is 26.4 Å². The van der Waals surface area contributed by atoms with Crippen LogP contribution in [0.3, 0.4) is 0 Å². The maximum absolute atomic E-state index is 12.3. The summed E-state index contributed by atoms with van der Waals surface area (Å²) in [5.41, 5.74) is 3.60. The number of hydrazone groups is 1. The summed E-state index contributed by atoms with van der Waals surface area (Å²) >= 11 is 8.47. The molecule has 0 unspecified atom stereocenters. The third-order valence-corrected chi connectivity index (χ3v) is 5.11. The van der Waals surface area contributed by atoms with Gasteiger partial charge in [-0.2, -0.15) is 5.10 Å². The third-order valence-electron chi connectivity index (χ3n) is 3.94. The maximum atomic E-state index is 12.3. The van der Waals surface area contributed by atoms with Gasteiger partial charge in [0.1, 0.15) is 5.75 Å². The van der Waals surface area contributed by atoms with Gasteiger partial charge in [0.25, 0.3) is 5.91 Å². The predicted molar refractivity (Wildman–Crippen MR) is 119 cm³/mol. The Balaban J connectivity index is 2.13. The van der Waals surface area contributed by atoms with Crippen LogP contribution < -0.4 is 19.6 Å². The SMILES string of the molecule is CC[C@@H](C)Oc1c(Cl)cc(/C=N/NC(=O)c2ccc(I)c(OC)c2)cc1OC. The van der Waals surface area contributed by atoms with E-state index in [1.165, 1.54) is 6.21 Å². The summed E-state index contributed by atoms with van der Waals surface area (Å²) in [7, 11) is 3.10. The van der Waals surface area contributed by atoms with E-state index in [-0.39, 0.29) is 12.0 Å². The van der Waals surface area contributed by atoms with Crippen LogP contribution in [0.25, 0.3) is 0 Å². The first-order valence-corrected chi connectivity index (χ1v) is 10.1. The van der Waals surface area contributed by atoms with E-state index in [0.717, 1.165) is 9.99 Å². The standard InChI is InChI=1S/C20H22ClIN2O4/c1-5-12(2)28-19-15(21)8-13(9-18(19)27-4)11-23-24-20(25)14-6-7-16(22)17(10-14)26-3/h6-12H,5H2,1-4H3,(H,24,25)/b23-11+/t12-/m1/s1. The first kappa shape index (κ1) is 22.3. The Bertz CT molecular complexity index is 874. The number of amides is 1. The van der Waals surface area contributed by atoms with E-state index in [0.29, 0.717) is 33.4 Å². The molecule has 0 spiro atoms. The molecule has 0 aliphatic heterocycles. The molecular weight excluding hydrogens is 495 g/mol. The van der Waals surface area contributed by atoms with E-state index in [1.807, 2.05) is 13.8 Å². The molecule has 6 nitrogen and oxygen atoms in total. The molecule has 2 aromatic rings. The number of carbonyl (C=O) groups excluding carboxylic acids is 1. The Kier molecular flexibility index (Phi) is 8.37. The topological polar surface area (TPSA) is 69.2 Å². The van der Waals surface area contributed by atoms with Gasteiger partial charge in [-0.15, -0.1) is 0 Å². The predicted octanol–water partition coefficient (Wildman–Crippen LogP) is 4.90. The Morgan fingerprint density at radius 3 is 2.61 bits per heavy atom. The van der Waals surface area contributed by atoms with E-state index in [9.17, 15) is 4.79 Å². The number of hydrogen-bond acceptors (Lipinski definition) is 5. The second kappa shape index (κ2) is 10.5. The van der Waals surface area contributed by atoms with Crippen molar-refractivity contribution in [3.05, 3.63) is 50.1 Å². The zero-order valence-electron chi connectivity index (χ0n) is 16.1. The van der Waals surface area contributed by atoms with Crippen molar-refractivity contribution in [2.24, 2.45) is 5.10 Å². The highest BCUT2D eigenvalue weighted by atomic mass is 127. The molecule has 0 saturated heterocycles. The van der Waals surface area contributed by atoms with E-state index in [1.54, 1.807) is 44.6 Å². The van der Waals surface area contributed by atoms with Crippen LogP contribution in [-0.2, 0) is 0 Å². The van der Waals surface area contributed by atoms with E-state index in [4.69, 9.17) is 25.8 Å². The number of ether oxygens (including phenoxy) is 3. The largest absolute Gasteiger partial charge is 0.496 e. The fourth-order valence-corrected chi connectivity index (χ4v) is 3.06. The quantitative estimate of drug-likeness (QED) is 0.308. The molecular formula is C20H22ClIN2O4. The van der Waals surface area contributed by atoms with E-state index >= 15 is 0 Å². The van der Waals surface area contributed by atoms with Crippen LogP contribution in [0.1, 0.15) is 36.2 Å². The number of hydrogen-bond donors (Lipinski definition) is 1. The van der Waals surface area contributed by atoms with E-state index < -0.39 is 0 Å². The minimum atomic E-state index is -0.347. The fourth-order valence-electron chi connectivity index (χ4n) is 2.24. The summed E-state index contributed by atoms with van der Waals surface area (Å²) in [6.07, 6.45) is 2.34. The molecule has 0 bridgehead atoms. The lowest BCUT2D eigenvalue weighted by Gasteiger charge is -2.17. The highest BCUT2D eigenvalue weighted by Gasteiger charge is 2.14. The molecule has 1 N–H and O–H groups in total. The van der Waals surface area contributed by atoms with Gasteiger partial charge in [0.15, 0.2) is 11.5 Å². The smallest absolute Gasteiger partial charge is 0.271 e. The van der Waals surface area contributed by atoms with Gasteiger partial charge in [-0.05, 0) is 71.8 Å². The molecule has 0 saturated carbocycles. The highest BCUT2D eigenvalue weighted by Crippen LogP contribution is 2.37. The van der Waals surface area contributed by atoms with Crippen molar-refractivity contribution in [2.75, 3.05) is 14.2 Å². The monoisotopic (exact) mass is 516 g/mol. The summed E-state index contributed by atoms with van der Waals surface area (Å²) < 4.78 is 17.3. The average molecular weight is 517 g/mol. The van der Waals surface area contributed by atoms with Gasteiger partial charge in [-0.25, -0.2) is 5.43 Å². The van der Waals surface area contributed by atoms with Crippen LogP contribution in [0, 0.1) is 3.57 Å². The number of methoxy groups -OCH3 is 2. The molecule has 0 radical (unpaired) electrons. The van der Waals surface area contributed by atoms with Crippen molar-refractivity contribution >= 4 is 46.3 Å². The van der Waals surface area contributed by atoms with Crippen LogP contribution in [-0.4, -0.2) is 32.4 Å². The summed E-state index contributed by atoms with van der Waals surface area (Å²) in [5, 5.41) is 4.41. The van der Waals surface area contributed by atoms with Gasteiger partial charge in [0.2, 0.25) is 0 Å². The van der Waals surface area contributed by atoms with Gasteiger partial charge in [0.05, 0.1) is 35.1 Å². The lowest BCUT2D eigenvalue weighted by atomic mass is 10.2. The van der Waals surface area contributed by atoms with Crippen molar-refractivity contribution in [3.8, 4) is 17.2 Å². The van der Waals surface area contributed by atoms with Gasteiger partial charge in [-0.3, -0.25) is 4.79 Å². The minimum absolute atomic E-state index is 0.0103. The van der Waals surface area contributed by atoms with Gasteiger partial charge >= 0.3 is 0 Å². The first-order valence-electron chi connectivity index (χ1n) is 8.60. The molecule has 150 valence electrons. The van der Waals surface area contributed by atoms with Crippen molar-refractivity contribution in [3.63, 3.8) is 0 Å². The van der Waals surface area contributed by atoms with Crippen LogP contribution in [0.15, 0.2) is 35.4 Å². The molecule has 0 heterocycles. The maximum Gasteiger partial charge on any atom is 0.271 e. The van der Waals surface area contributed by atoms with Crippen LogP contribution in [0.4, 0.5) is 0 Å². The van der Waals surface area contributed by atoms with E-state index in [2.05, 4.69) is 33.1 Å². The zero-order chi connectivity index (χ0) is 20.7. The Hall–Kier alpha value is -2.00. The first-order chi connectivity index (χ1) is 13.4.